The number of sulfonamides is 1. The van der Waals surface area contributed by atoms with E-state index in [0.717, 1.165) is 0 Å². The quantitative estimate of drug-likeness (QED) is 0.827. The van der Waals surface area contributed by atoms with Crippen molar-refractivity contribution in [3.05, 3.63) is 22.7 Å². The van der Waals surface area contributed by atoms with Crippen molar-refractivity contribution >= 4 is 31.6 Å². The van der Waals surface area contributed by atoms with E-state index < -0.39 is 15.6 Å². The van der Waals surface area contributed by atoms with Crippen LogP contribution in [-0.2, 0) is 14.8 Å². The van der Waals surface area contributed by atoms with Crippen molar-refractivity contribution in [2.45, 2.75) is 24.3 Å². The van der Waals surface area contributed by atoms with Gasteiger partial charge in [0.2, 0.25) is 10.0 Å². The van der Waals surface area contributed by atoms with Crippen molar-refractivity contribution in [2.24, 2.45) is 0 Å². The maximum absolute atomic E-state index is 12.6. The van der Waals surface area contributed by atoms with Gasteiger partial charge in [-0.2, -0.15) is 4.31 Å². The first-order valence-corrected chi connectivity index (χ1v) is 8.15. The number of hydrogen-bond acceptors (Lipinski definition) is 4. The van der Waals surface area contributed by atoms with Gasteiger partial charge >= 0.3 is 0 Å². The molecule has 1 aromatic rings. The van der Waals surface area contributed by atoms with E-state index >= 15 is 0 Å². The topological polar surface area (TPSA) is 72.6 Å². The van der Waals surface area contributed by atoms with E-state index in [1.165, 1.54) is 10.4 Å². The van der Waals surface area contributed by atoms with Gasteiger partial charge in [-0.25, -0.2) is 8.42 Å². The number of hydrogen-bond donors (Lipinski definition) is 1. The second-order valence-corrected chi connectivity index (χ2v) is 7.90. The lowest BCUT2D eigenvalue weighted by atomic mass is 10.1. The number of ether oxygens (including phenoxy) is 1. The number of anilines is 1. The van der Waals surface area contributed by atoms with Crippen LogP contribution in [0.25, 0.3) is 0 Å². The fraction of sp³-hybridized carbons (Fsp3) is 0.500. The molecule has 1 aliphatic rings. The van der Waals surface area contributed by atoms with Gasteiger partial charge in [0.1, 0.15) is 0 Å². The highest BCUT2D eigenvalue weighted by atomic mass is 79.9. The summed E-state index contributed by atoms with van der Waals surface area (Å²) in [4.78, 5) is 0.236. The van der Waals surface area contributed by atoms with Crippen LogP contribution in [0.15, 0.2) is 27.6 Å². The molecule has 1 saturated heterocycles. The molecule has 1 aliphatic heterocycles. The Kier molecular flexibility index (Phi) is 3.92. The zero-order chi connectivity index (χ0) is 14.3. The minimum absolute atomic E-state index is 0.236. The fourth-order valence-corrected chi connectivity index (χ4v) is 4.67. The van der Waals surface area contributed by atoms with Gasteiger partial charge < -0.3 is 10.5 Å². The fourth-order valence-electron chi connectivity index (χ4n) is 2.04. The van der Waals surface area contributed by atoms with Crippen molar-refractivity contribution in [1.29, 1.82) is 0 Å². The van der Waals surface area contributed by atoms with E-state index in [1.807, 2.05) is 13.8 Å². The highest BCUT2D eigenvalue weighted by molar-refractivity contribution is 9.10. The Balaban J connectivity index is 2.37. The SMILES string of the molecule is CC1(C)CN(S(=O)(=O)c2ccc(N)cc2Br)CCO1. The Morgan fingerprint density at radius 1 is 1.42 bits per heavy atom. The second-order valence-electron chi connectivity index (χ2n) is 5.14. The van der Waals surface area contributed by atoms with Crippen molar-refractivity contribution in [3.63, 3.8) is 0 Å². The Bertz CT molecular complexity index is 587. The third-order valence-corrected chi connectivity index (χ3v) is 5.79. The summed E-state index contributed by atoms with van der Waals surface area (Å²) in [5.74, 6) is 0. The molecule has 0 amide bonds. The maximum atomic E-state index is 12.6. The predicted molar refractivity (Wildman–Crippen MR) is 77.3 cm³/mol. The zero-order valence-corrected chi connectivity index (χ0v) is 13.3. The van der Waals surface area contributed by atoms with E-state index in [0.29, 0.717) is 29.9 Å². The van der Waals surface area contributed by atoms with Crippen molar-refractivity contribution in [2.75, 3.05) is 25.4 Å². The molecule has 0 aromatic heterocycles. The summed E-state index contributed by atoms with van der Waals surface area (Å²) in [7, 11) is -3.53. The van der Waals surface area contributed by atoms with Crippen LogP contribution in [0.3, 0.4) is 0 Å². The molecular weight excluding hydrogens is 332 g/mol. The van der Waals surface area contributed by atoms with Crippen LogP contribution in [-0.4, -0.2) is 38.0 Å². The summed E-state index contributed by atoms with van der Waals surface area (Å²) in [6, 6.07) is 4.71. The molecule has 1 heterocycles. The zero-order valence-electron chi connectivity index (χ0n) is 10.9. The Morgan fingerprint density at radius 3 is 2.68 bits per heavy atom. The Morgan fingerprint density at radius 2 is 2.11 bits per heavy atom. The summed E-state index contributed by atoms with van der Waals surface area (Å²) in [6.45, 7) is 4.87. The van der Waals surface area contributed by atoms with Gasteiger partial charge in [-0.3, -0.25) is 0 Å². The molecule has 0 aliphatic carbocycles. The summed E-state index contributed by atoms with van der Waals surface area (Å²) in [5.41, 5.74) is 5.69. The molecule has 19 heavy (non-hydrogen) atoms. The molecule has 2 N–H and O–H groups in total. The molecule has 0 bridgehead atoms. The lowest BCUT2D eigenvalue weighted by Crippen LogP contribution is -2.50. The van der Waals surface area contributed by atoms with Gasteiger partial charge in [0.25, 0.3) is 0 Å². The summed E-state index contributed by atoms with van der Waals surface area (Å²) >= 11 is 3.26. The van der Waals surface area contributed by atoms with Crippen LogP contribution in [0.2, 0.25) is 0 Å². The molecule has 2 rings (SSSR count). The van der Waals surface area contributed by atoms with Crippen LogP contribution >= 0.6 is 15.9 Å². The highest BCUT2D eigenvalue weighted by Gasteiger charge is 2.35. The number of morpholine rings is 1. The Hall–Kier alpha value is -0.630. The summed E-state index contributed by atoms with van der Waals surface area (Å²) in [6.07, 6.45) is 0. The van der Waals surface area contributed by atoms with Gasteiger partial charge in [0, 0.05) is 23.2 Å². The third-order valence-electron chi connectivity index (χ3n) is 2.96. The van der Waals surface area contributed by atoms with Gasteiger partial charge in [-0.05, 0) is 48.0 Å². The van der Waals surface area contributed by atoms with Crippen LogP contribution in [0.5, 0.6) is 0 Å². The van der Waals surface area contributed by atoms with Crippen molar-refractivity contribution in [3.8, 4) is 0 Å². The Labute approximate surface area is 121 Å². The molecule has 7 heteroatoms. The first kappa shape index (κ1) is 14.8. The maximum Gasteiger partial charge on any atom is 0.244 e. The number of nitrogens with zero attached hydrogens (tertiary/aromatic N) is 1. The number of nitrogen functional groups attached to an aromatic ring is 1. The van der Waals surface area contributed by atoms with Crippen LogP contribution in [0.1, 0.15) is 13.8 Å². The molecule has 0 unspecified atom stereocenters. The summed E-state index contributed by atoms with van der Waals surface area (Å²) < 4.78 is 32.7. The predicted octanol–water partition coefficient (Wildman–Crippen LogP) is 1.83. The van der Waals surface area contributed by atoms with E-state index in [-0.39, 0.29) is 4.90 Å². The lowest BCUT2D eigenvalue weighted by molar-refractivity contribution is -0.0640. The molecule has 5 nitrogen and oxygen atoms in total. The van der Waals surface area contributed by atoms with Crippen LogP contribution in [0.4, 0.5) is 5.69 Å². The van der Waals surface area contributed by atoms with E-state index in [4.69, 9.17) is 10.5 Å². The lowest BCUT2D eigenvalue weighted by Gasteiger charge is -2.37. The normalized spacial score (nSPS) is 20.4. The van der Waals surface area contributed by atoms with Gasteiger partial charge in [0.05, 0.1) is 17.1 Å². The smallest absolute Gasteiger partial charge is 0.244 e. The molecule has 0 atom stereocenters. The van der Waals surface area contributed by atoms with E-state index in [1.54, 1.807) is 12.1 Å². The largest absolute Gasteiger partial charge is 0.399 e. The first-order valence-electron chi connectivity index (χ1n) is 5.91. The van der Waals surface area contributed by atoms with E-state index in [9.17, 15) is 8.42 Å². The summed E-state index contributed by atoms with van der Waals surface area (Å²) in [5, 5.41) is 0. The average molecular weight is 349 g/mol. The third kappa shape index (κ3) is 3.10. The molecule has 0 spiro atoms. The molecule has 0 saturated carbocycles. The second kappa shape index (κ2) is 5.05. The van der Waals surface area contributed by atoms with Crippen molar-refractivity contribution in [1.82, 2.24) is 4.31 Å². The number of nitrogens with two attached hydrogens (primary N) is 1. The minimum atomic E-state index is -3.53. The monoisotopic (exact) mass is 348 g/mol. The van der Waals surface area contributed by atoms with Crippen LogP contribution < -0.4 is 5.73 Å². The number of benzene rings is 1. The first-order chi connectivity index (χ1) is 8.72. The number of halogens is 1. The van der Waals surface area contributed by atoms with Crippen LogP contribution in [0, 0.1) is 0 Å². The molecule has 1 fully saturated rings. The molecule has 1 aromatic carbocycles. The molecule has 106 valence electrons. The average Bonchev–Trinajstić information content (AvgIpc) is 2.27. The minimum Gasteiger partial charge on any atom is -0.399 e. The van der Waals surface area contributed by atoms with Gasteiger partial charge in [0.15, 0.2) is 0 Å². The van der Waals surface area contributed by atoms with Crippen molar-refractivity contribution < 1.29 is 13.2 Å². The van der Waals surface area contributed by atoms with Gasteiger partial charge in [-0.15, -0.1) is 0 Å². The molecular formula is C12H17BrN2O3S. The highest BCUT2D eigenvalue weighted by Crippen LogP contribution is 2.29. The molecule has 0 radical (unpaired) electrons. The standard InChI is InChI=1S/C12H17BrN2O3S/c1-12(2)8-15(5-6-18-12)19(16,17)11-4-3-9(14)7-10(11)13/h3-4,7H,5-6,8,14H2,1-2H3. The van der Waals surface area contributed by atoms with E-state index in [2.05, 4.69) is 15.9 Å². The van der Waals surface area contributed by atoms with Gasteiger partial charge in [-0.1, -0.05) is 0 Å². The number of rotatable bonds is 2.